The summed E-state index contributed by atoms with van der Waals surface area (Å²) in [5.41, 5.74) is 3.21. The van der Waals surface area contributed by atoms with Gasteiger partial charge in [0.2, 0.25) is 0 Å². The molecule has 1 heterocycles. The molecule has 0 N–H and O–H groups in total. The molecule has 4 rings (SSSR count). The summed E-state index contributed by atoms with van der Waals surface area (Å²) in [7, 11) is 6.28. The molecule has 0 aliphatic heterocycles. The monoisotopic (exact) mass is 459 g/mol. The minimum atomic E-state index is -0.661. The van der Waals surface area contributed by atoms with Crippen LogP contribution in [0.25, 0.3) is 22.8 Å². The zero-order valence-corrected chi connectivity index (χ0v) is 19.6. The van der Waals surface area contributed by atoms with Crippen LogP contribution in [0, 0.1) is 11.3 Å². The predicted octanol–water partition coefficient (Wildman–Crippen LogP) is 5.09. The van der Waals surface area contributed by atoms with Crippen LogP contribution in [0.4, 0.5) is 0 Å². The highest BCUT2D eigenvalue weighted by atomic mass is 16.5. The molecule has 2 aromatic carbocycles. The number of nitriles is 1. The highest BCUT2D eigenvalue weighted by Gasteiger charge is 2.26. The summed E-state index contributed by atoms with van der Waals surface area (Å²) in [6.45, 7) is 0. The van der Waals surface area contributed by atoms with Gasteiger partial charge in [0.1, 0.15) is 17.4 Å². The van der Waals surface area contributed by atoms with E-state index in [9.17, 15) is 10.1 Å². The quantitative estimate of drug-likeness (QED) is 0.507. The fraction of sp³-hybridized carbons (Fsp3) is 0.259. The van der Waals surface area contributed by atoms with Gasteiger partial charge in [-0.1, -0.05) is 12.1 Å². The normalized spacial score (nSPS) is 13.7. The number of benzene rings is 2. The zero-order chi connectivity index (χ0) is 24.2. The van der Waals surface area contributed by atoms with Gasteiger partial charge in [-0.2, -0.15) is 5.26 Å². The molecule has 0 bridgehead atoms. The highest BCUT2D eigenvalue weighted by Crippen LogP contribution is 2.41. The molecule has 0 fully saturated rings. The Morgan fingerprint density at radius 3 is 2.18 bits per heavy atom. The van der Waals surface area contributed by atoms with Crippen LogP contribution in [0.15, 0.2) is 45.6 Å². The van der Waals surface area contributed by atoms with Crippen molar-refractivity contribution in [1.82, 2.24) is 0 Å². The largest absolute Gasteiger partial charge is 0.493 e. The molecule has 7 nitrogen and oxygen atoms in total. The van der Waals surface area contributed by atoms with Gasteiger partial charge in [-0.15, -0.1) is 0 Å². The second kappa shape index (κ2) is 9.75. The first-order chi connectivity index (χ1) is 16.5. The Labute approximate surface area is 197 Å². The number of rotatable bonds is 6. The van der Waals surface area contributed by atoms with Crippen molar-refractivity contribution in [3.8, 4) is 40.2 Å². The first-order valence-corrected chi connectivity index (χ1v) is 10.8. The van der Waals surface area contributed by atoms with Crippen LogP contribution in [-0.4, -0.2) is 28.4 Å². The molecule has 0 spiro atoms. The van der Waals surface area contributed by atoms with Gasteiger partial charge in [-0.3, -0.25) is 0 Å². The van der Waals surface area contributed by atoms with Gasteiger partial charge in [0.05, 0.1) is 28.4 Å². The number of ether oxygens (including phenoxy) is 4. The maximum Gasteiger partial charge on any atom is 0.354 e. The zero-order valence-electron chi connectivity index (χ0n) is 19.6. The number of fused-ring (bicyclic) bond motifs is 1. The lowest BCUT2D eigenvalue weighted by Gasteiger charge is -2.22. The van der Waals surface area contributed by atoms with Gasteiger partial charge < -0.3 is 23.4 Å². The van der Waals surface area contributed by atoms with Crippen molar-refractivity contribution in [2.75, 3.05) is 28.4 Å². The molecule has 0 atom stereocenters. The second-order valence-electron chi connectivity index (χ2n) is 7.77. The van der Waals surface area contributed by atoms with E-state index in [1.807, 2.05) is 36.4 Å². The van der Waals surface area contributed by atoms with Crippen LogP contribution < -0.4 is 24.6 Å². The molecule has 0 saturated carbocycles. The van der Waals surface area contributed by atoms with E-state index >= 15 is 0 Å². The SMILES string of the molecule is COc1ccc(/C=C2\CCCc3c2oc(=O)c(C#N)c3-c2ccc(OC)c(OC)c2)cc1OC. The first-order valence-electron chi connectivity index (χ1n) is 10.8. The Kier molecular flexibility index (Phi) is 6.60. The van der Waals surface area contributed by atoms with Crippen molar-refractivity contribution >= 4 is 11.6 Å². The molecule has 1 aliphatic rings. The molecule has 0 saturated heterocycles. The number of methoxy groups -OCH3 is 4. The van der Waals surface area contributed by atoms with E-state index in [1.54, 1.807) is 40.6 Å². The van der Waals surface area contributed by atoms with E-state index in [-0.39, 0.29) is 5.56 Å². The van der Waals surface area contributed by atoms with Crippen LogP contribution in [-0.2, 0) is 6.42 Å². The van der Waals surface area contributed by atoms with Crippen LogP contribution in [0.1, 0.15) is 35.3 Å². The van der Waals surface area contributed by atoms with E-state index in [0.29, 0.717) is 46.3 Å². The fourth-order valence-corrected chi connectivity index (χ4v) is 4.33. The van der Waals surface area contributed by atoms with Gasteiger partial charge >= 0.3 is 5.63 Å². The summed E-state index contributed by atoms with van der Waals surface area (Å²) < 4.78 is 27.2. The molecule has 34 heavy (non-hydrogen) atoms. The summed E-state index contributed by atoms with van der Waals surface area (Å²) in [5.74, 6) is 2.84. The number of allylic oxidation sites excluding steroid dienone is 1. The van der Waals surface area contributed by atoms with Crippen molar-refractivity contribution in [1.29, 1.82) is 5.26 Å². The number of nitrogens with zero attached hydrogens (tertiary/aromatic N) is 1. The Bertz CT molecular complexity index is 1360. The van der Waals surface area contributed by atoms with Crippen LogP contribution in [0.5, 0.6) is 23.0 Å². The number of hydrogen-bond donors (Lipinski definition) is 0. The minimum Gasteiger partial charge on any atom is -0.493 e. The van der Waals surface area contributed by atoms with Gasteiger partial charge in [0, 0.05) is 11.1 Å². The standard InChI is InChI=1S/C27H25NO6/c1-30-21-10-8-16(13-23(21)32-3)12-18-6-5-7-19-25(20(15-28)27(29)34-26(18)19)17-9-11-22(31-2)24(14-17)33-4/h8-14H,5-7H2,1-4H3/b18-12+. The Hall–Kier alpha value is -4.18. The second-order valence-corrected chi connectivity index (χ2v) is 7.77. The van der Waals surface area contributed by atoms with E-state index in [4.69, 9.17) is 23.4 Å². The van der Waals surface area contributed by atoms with Crippen molar-refractivity contribution < 1.29 is 23.4 Å². The van der Waals surface area contributed by atoms with Crippen molar-refractivity contribution in [2.24, 2.45) is 0 Å². The third-order valence-electron chi connectivity index (χ3n) is 5.92. The lowest BCUT2D eigenvalue weighted by atomic mass is 9.85. The lowest BCUT2D eigenvalue weighted by molar-refractivity contribution is 0.355. The summed E-state index contributed by atoms with van der Waals surface area (Å²) in [4.78, 5) is 12.9. The van der Waals surface area contributed by atoms with E-state index in [0.717, 1.165) is 29.5 Å². The third-order valence-corrected chi connectivity index (χ3v) is 5.92. The average molecular weight is 459 g/mol. The maximum atomic E-state index is 12.9. The molecule has 7 heteroatoms. The molecule has 0 unspecified atom stereocenters. The molecular weight excluding hydrogens is 434 g/mol. The van der Waals surface area contributed by atoms with Crippen LogP contribution in [0.2, 0.25) is 0 Å². The highest BCUT2D eigenvalue weighted by molar-refractivity contribution is 5.86. The topological polar surface area (TPSA) is 90.9 Å². The van der Waals surface area contributed by atoms with E-state index < -0.39 is 5.63 Å². The van der Waals surface area contributed by atoms with Crippen LogP contribution >= 0.6 is 0 Å². The van der Waals surface area contributed by atoms with Crippen molar-refractivity contribution in [3.63, 3.8) is 0 Å². The van der Waals surface area contributed by atoms with E-state index in [1.165, 1.54) is 0 Å². The first kappa shape index (κ1) is 23.0. The average Bonchev–Trinajstić information content (AvgIpc) is 2.87. The Morgan fingerprint density at radius 2 is 1.53 bits per heavy atom. The summed E-state index contributed by atoms with van der Waals surface area (Å²) in [6, 6.07) is 13.0. The molecule has 1 aromatic heterocycles. The smallest absolute Gasteiger partial charge is 0.354 e. The molecule has 174 valence electrons. The third kappa shape index (κ3) is 4.11. The maximum absolute atomic E-state index is 12.9. The number of hydrogen-bond acceptors (Lipinski definition) is 7. The Balaban J connectivity index is 1.91. The molecule has 3 aromatic rings. The molecule has 0 amide bonds. The van der Waals surface area contributed by atoms with Crippen molar-refractivity contribution in [3.05, 3.63) is 69.3 Å². The van der Waals surface area contributed by atoms with E-state index in [2.05, 4.69) is 0 Å². The molecule has 0 radical (unpaired) electrons. The van der Waals surface area contributed by atoms with Gasteiger partial charge in [-0.25, -0.2) is 4.79 Å². The summed E-state index contributed by atoms with van der Waals surface area (Å²) >= 11 is 0. The lowest BCUT2D eigenvalue weighted by Crippen LogP contribution is -2.15. The Morgan fingerprint density at radius 1 is 0.882 bits per heavy atom. The van der Waals surface area contributed by atoms with Crippen LogP contribution in [0.3, 0.4) is 0 Å². The van der Waals surface area contributed by atoms with Gasteiger partial charge in [0.15, 0.2) is 23.0 Å². The fourth-order valence-electron chi connectivity index (χ4n) is 4.33. The predicted molar refractivity (Wildman–Crippen MR) is 129 cm³/mol. The minimum absolute atomic E-state index is 0.0154. The van der Waals surface area contributed by atoms with Crippen molar-refractivity contribution in [2.45, 2.75) is 19.3 Å². The molecule has 1 aliphatic carbocycles. The molecular formula is C27H25NO6. The summed E-state index contributed by atoms with van der Waals surface area (Å²) in [5, 5.41) is 9.79. The van der Waals surface area contributed by atoms with Gasteiger partial charge in [0.25, 0.3) is 0 Å². The van der Waals surface area contributed by atoms with Gasteiger partial charge in [-0.05, 0) is 66.3 Å². The summed E-state index contributed by atoms with van der Waals surface area (Å²) in [6.07, 6.45) is 4.25.